The molecule has 0 amide bonds. The van der Waals surface area contributed by atoms with Gasteiger partial charge in [0.05, 0.1) is 0 Å². The molecule has 0 heterocycles. The third-order valence-corrected chi connectivity index (χ3v) is 9.17. The highest BCUT2D eigenvalue weighted by molar-refractivity contribution is 6.15. The van der Waals surface area contributed by atoms with Gasteiger partial charge >= 0.3 is 0 Å². The van der Waals surface area contributed by atoms with Crippen molar-refractivity contribution in [3.05, 3.63) is 143 Å². The highest BCUT2D eigenvalue weighted by Crippen LogP contribution is 2.40. The lowest BCUT2D eigenvalue weighted by atomic mass is 9.84. The van der Waals surface area contributed by atoms with Crippen molar-refractivity contribution in [3.63, 3.8) is 0 Å². The lowest BCUT2D eigenvalue weighted by molar-refractivity contribution is 0.918. The number of fused-ring (bicyclic) bond motifs is 3. The van der Waals surface area contributed by atoms with Gasteiger partial charge in [-0.3, -0.25) is 0 Å². The zero-order chi connectivity index (χ0) is 29.4. The number of allylic oxidation sites excluding steroid dienone is 2. The summed E-state index contributed by atoms with van der Waals surface area (Å²) in [6.07, 6.45) is 2.19. The second kappa shape index (κ2) is 11.5. The van der Waals surface area contributed by atoms with Crippen LogP contribution in [0.2, 0.25) is 0 Å². The Hall–Kier alpha value is -4.42. The molecule has 0 bridgehead atoms. The molecule has 0 radical (unpaired) electrons. The molecule has 0 atom stereocenters. The largest absolute Gasteiger partial charge is 0.0651 e. The fraction of sp³-hybridized carbons (Fsp3) is 0.190. The number of aryl methyl sites for hydroxylation is 4. The van der Waals surface area contributed by atoms with Crippen LogP contribution in [0.15, 0.2) is 109 Å². The van der Waals surface area contributed by atoms with Crippen LogP contribution >= 0.6 is 0 Å². The van der Waals surface area contributed by atoms with E-state index < -0.39 is 0 Å². The lowest BCUT2D eigenvalue weighted by Crippen LogP contribution is -1.98. The van der Waals surface area contributed by atoms with Gasteiger partial charge in [-0.1, -0.05) is 110 Å². The Bertz CT molecular complexity index is 1980. The van der Waals surface area contributed by atoms with Crippen LogP contribution in [0.3, 0.4) is 0 Å². The zero-order valence-corrected chi connectivity index (χ0v) is 25.8. The maximum atomic E-state index is 2.44. The van der Waals surface area contributed by atoms with Crippen molar-refractivity contribution in [1.29, 1.82) is 0 Å². The van der Waals surface area contributed by atoms with Crippen LogP contribution in [0, 0.1) is 20.8 Å². The van der Waals surface area contributed by atoms with Gasteiger partial charge in [-0.15, -0.1) is 0 Å². The Kier molecular flexibility index (Phi) is 7.56. The van der Waals surface area contributed by atoms with E-state index in [1.54, 1.807) is 0 Å². The van der Waals surface area contributed by atoms with Crippen molar-refractivity contribution in [2.75, 3.05) is 0 Å². The van der Waals surface area contributed by atoms with E-state index >= 15 is 0 Å². The van der Waals surface area contributed by atoms with Crippen LogP contribution in [-0.2, 0) is 6.42 Å². The summed E-state index contributed by atoms with van der Waals surface area (Å²) in [6, 6.07) is 40.5. The van der Waals surface area contributed by atoms with Gasteiger partial charge in [-0.2, -0.15) is 0 Å². The molecule has 0 saturated carbocycles. The molecule has 6 aromatic carbocycles. The van der Waals surface area contributed by atoms with Gasteiger partial charge in [-0.25, -0.2) is 0 Å². The van der Waals surface area contributed by atoms with Gasteiger partial charge in [0.25, 0.3) is 0 Å². The molecule has 0 fully saturated rings. The fourth-order valence-electron chi connectivity index (χ4n) is 6.75. The van der Waals surface area contributed by atoms with Crippen LogP contribution < -0.4 is 0 Å². The van der Waals surface area contributed by atoms with E-state index in [4.69, 9.17) is 0 Å². The Morgan fingerprint density at radius 2 is 1.10 bits per heavy atom. The summed E-state index contributed by atoms with van der Waals surface area (Å²) in [6.45, 7) is 13.6. The molecule has 0 heteroatoms. The van der Waals surface area contributed by atoms with E-state index in [2.05, 4.69) is 151 Å². The molecule has 0 aliphatic rings. The molecular weight excluding hydrogens is 504 g/mol. The van der Waals surface area contributed by atoms with Crippen LogP contribution in [0.1, 0.15) is 60.6 Å². The third-order valence-electron chi connectivity index (χ3n) is 9.17. The van der Waals surface area contributed by atoms with Crippen LogP contribution in [0.4, 0.5) is 0 Å². The summed E-state index contributed by atoms with van der Waals surface area (Å²) in [7, 11) is 0. The predicted octanol–water partition coefficient (Wildman–Crippen LogP) is 12.2. The smallest absolute Gasteiger partial charge is 0.00991 e. The number of hydrogen-bond acceptors (Lipinski definition) is 0. The maximum absolute atomic E-state index is 2.44. The molecule has 6 rings (SSSR count). The van der Waals surface area contributed by atoms with Gasteiger partial charge in [0, 0.05) is 0 Å². The second-order valence-electron chi connectivity index (χ2n) is 11.8. The van der Waals surface area contributed by atoms with Gasteiger partial charge in [0.1, 0.15) is 0 Å². The molecule has 0 aliphatic carbocycles. The van der Waals surface area contributed by atoms with Crippen molar-refractivity contribution >= 4 is 32.7 Å². The SMILES string of the molecule is CCCc1ccc(-c2ccc(C)c(-c3ccccc3C)c2)cc1/C(C)=C(\C)c1c(C)c2ccccc2c2ccccc12. The summed E-state index contributed by atoms with van der Waals surface area (Å²) in [4.78, 5) is 0. The monoisotopic (exact) mass is 544 g/mol. The van der Waals surface area contributed by atoms with Crippen LogP contribution in [0.5, 0.6) is 0 Å². The average molecular weight is 545 g/mol. The van der Waals surface area contributed by atoms with Crippen molar-refractivity contribution in [2.45, 2.75) is 54.4 Å². The Morgan fingerprint density at radius 3 is 1.81 bits per heavy atom. The van der Waals surface area contributed by atoms with Crippen molar-refractivity contribution in [3.8, 4) is 22.3 Å². The first-order chi connectivity index (χ1) is 20.4. The minimum atomic E-state index is 1.07. The van der Waals surface area contributed by atoms with Crippen LogP contribution in [0.25, 0.3) is 54.9 Å². The summed E-state index contributed by atoms with van der Waals surface area (Å²) in [5.74, 6) is 0. The summed E-state index contributed by atoms with van der Waals surface area (Å²) in [5, 5.41) is 5.33. The minimum absolute atomic E-state index is 1.07. The Morgan fingerprint density at radius 1 is 0.524 bits per heavy atom. The Labute approximate surface area is 251 Å². The molecule has 0 unspecified atom stereocenters. The lowest BCUT2D eigenvalue weighted by Gasteiger charge is -2.20. The van der Waals surface area contributed by atoms with Gasteiger partial charge in [-0.05, 0) is 141 Å². The fourth-order valence-corrected chi connectivity index (χ4v) is 6.75. The number of rotatable bonds is 6. The van der Waals surface area contributed by atoms with Crippen molar-refractivity contribution < 1.29 is 0 Å². The highest BCUT2D eigenvalue weighted by atomic mass is 14.2. The van der Waals surface area contributed by atoms with E-state index in [1.807, 2.05) is 0 Å². The normalized spacial score (nSPS) is 12.1. The van der Waals surface area contributed by atoms with Gasteiger partial charge in [0.15, 0.2) is 0 Å². The molecule has 0 aromatic heterocycles. The van der Waals surface area contributed by atoms with Crippen molar-refractivity contribution in [1.82, 2.24) is 0 Å². The molecule has 0 N–H and O–H groups in total. The maximum Gasteiger partial charge on any atom is -0.00991 e. The predicted molar refractivity (Wildman–Crippen MR) is 185 cm³/mol. The van der Waals surface area contributed by atoms with E-state index in [9.17, 15) is 0 Å². The standard InChI is InChI=1S/C42H40/c1-7-14-32-23-24-34(33-22-21-28(3)40(25-33)35-16-9-8-15-27(35)2)26-41(32)29(4)30(5)42-31(6)36-17-10-11-18-37(36)38-19-12-13-20-39(38)42/h8-13,15-26H,7,14H2,1-6H3/b30-29+. The van der Waals surface area contributed by atoms with Gasteiger partial charge < -0.3 is 0 Å². The first-order valence-corrected chi connectivity index (χ1v) is 15.3. The van der Waals surface area contributed by atoms with Crippen LogP contribution in [-0.4, -0.2) is 0 Å². The molecule has 0 spiro atoms. The third kappa shape index (κ3) is 4.86. The topological polar surface area (TPSA) is 0 Å². The van der Waals surface area contributed by atoms with E-state index in [1.165, 1.54) is 88.3 Å². The van der Waals surface area contributed by atoms with E-state index in [0.29, 0.717) is 0 Å². The molecule has 6 aromatic rings. The molecule has 0 aliphatic heterocycles. The summed E-state index contributed by atoms with van der Waals surface area (Å²) < 4.78 is 0. The average Bonchev–Trinajstić information content (AvgIpc) is 3.02. The zero-order valence-electron chi connectivity index (χ0n) is 25.8. The molecule has 42 heavy (non-hydrogen) atoms. The number of hydrogen-bond donors (Lipinski definition) is 0. The second-order valence-corrected chi connectivity index (χ2v) is 11.8. The Balaban J connectivity index is 1.55. The van der Waals surface area contributed by atoms with E-state index in [0.717, 1.165) is 12.8 Å². The first-order valence-electron chi connectivity index (χ1n) is 15.3. The van der Waals surface area contributed by atoms with Crippen molar-refractivity contribution in [2.24, 2.45) is 0 Å². The van der Waals surface area contributed by atoms with E-state index in [-0.39, 0.29) is 0 Å². The number of benzene rings is 6. The molecule has 0 saturated heterocycles. The minimum Gasteiger partial charge on any atom is -0.0651 e. The van der Waals surface area contributed by atoms with Gasteiger partial charge in [0.2, 0.25) is 0 Å². The molecule has 208 valence electrons. The molecule has 0 nitrogen and oxygen atoms in total. The summed E-state index contributed by atoms with van der Waals surface area (Å²) in [5.41, 5.74) is 16.0. The highest BCUT2D eigenvalue weighted by Gasteiger charge is 2.17. The molecular formula is C42H40. The quantitative estimate of drug-likeness (QED) is 0.144. The summed E-state index contributed by atoms with van der Waals surface area (Å²) >= 11 is 0. The first kappa shape index (κ1) is 27.7.